The molecule has 1 aromatic heterocycles. The average Bonchev–Trinajstić information content (AvgIpc) is 2.64. The maximum Gasteiger partial charge on any atom is 0.110 e. The summed E-state index contributed by atoms with van der Waals surface area (Å²) in [6.07, 6.45) is 3.67. The van der Waals surface area contributed by atoms with Crippen LogP contribution in [0.1, 0.15) is 11.4 Å². The average molecular weight is 222 g/mol. The van der Waals surface area contributed by atoms with E-state index < -0.39 is 0 Å². The van der Waals surface area contributed by atoms with Gasteiger partial charge in [0.25, 0.3) is 0 Å². The van der Waals surface area contributed by atoms with Crippen molar-refractivity contribution in [2.24, 2.45) is 5.73 Å². The van der Waals surface area contributed by atoms with E-state index in [0.29, 0.717) is 11.6 Å². The Morgan fingerprint density at radius 1 is 1.47 bits per heavy atom. The third-order valence-corrected chi connectivity index (χ3v) is 2.71. The Labute approximate surface area is 93.5 Å². The van der Waals surface area contributed by atoms with Crippen LogP contribution in [-0.2, 0) is 6.54 Å². The zero-order valence-electron chi connectivity index (χ0n) is 8.44. The van der Waals surface area contributed by atoms with E-state index in [4.69, 9.17) is 17.3 Å². The van der Waals surface area contributed by atoms with Gasteiger partial charge in [-0.15, -0.1) is 0 Å². The molecular formula is C11H12ClN3. The molecule has 1 aromatic carbocycles. The van der Waals surface area contributed by atoms with Crippen molar-refractivity contribution in [3.8, 4) is 5.69 Å². The lowest BCUT2D eigenvalue weighted by Crippen LogP contribution is -2.00. The summed E-state index contributed by atoms with van der Waals surface area (Å²) in [6.45, 7) is 2.41. The number of rotatable bonds is 2. The molecule has 0 fully saturated rings. The van der Waals surface area contributed by atoms with Crippen LogP contribution in [0.2, 0.25) is 5.02 Å². The lowest BCUT2D eigenvalue weighted by atomic mass is 10.2. The Balaban J connectivity index is 2.47. The topological polar surface area (TPSA) is 43.8 Å². The van der Waals surface area contributed by atoms with Crippen LogP contribution in [0.3, 0.4) is 0 Å². The Kier molecular flexibility index (Phi) is 2.75. The van der Waals surface area contributed by atoms with Crippen LogP contribution in [0.25, 0.3) is 5.69 Å². The molecule has 0 spiro atoms. The van der Waals surface area contributed by atoms with Gasteiger partial charge in [-0.3, -0.25) is 0 Å². The molecule has 0 amide bonds. The van der Waals surface area contributed by atoms with E-state index in [1.165, 1.54) is 0 Å². The fourth-order valence-corrected chi connectivity index (χ4v) is 1.75. The van der Waals surface area contributed by atoms with Crippen LogP contribution in [-0.4, -0.2) is 9.55 Å². The molecule has 2 N–H and O–H groups in total. The molecule has 1 heterocycles. The first kappa shape index (κ1) is 10.2. The van der Waals surface area contributed by atoms with Gasteiger partial charge in [0, 0.05) is 29.6 Å². The molecule has 0 saturated carbocycles. The molecule has 3 nitrogen and oxygen atoms in total. The molecule has 15 heavy (non-hydrogen) atoms. The molecule has 4 heteroatoms. The molecule has 2 rings (SSSR count). The summed E-state index contributed by atoms with van der Waals surface area (Å²) in [5.41, 5.74) is 7.51. The van der Waals surface area contributed by atoms with Gasteiger partial charge in [-0.2, -0.15) is 0 Å². The lowest BCUT2D eigenvalue weighted by molar-refractivity contribution is 0.970. The van der Waals surface area contributed by atoms with E-state index in [1.54, 1.807) is 6.20 Å². The molecule has 2 aromatic rings. The van der Waals surface area contributed by atoms with Crippen molar-refractivity contribution < 1.29 is 0 Å². The van der Waals surface area contributed by atoms with Crippen LogP contribution >= 0.6 is 11.6 Å². The number of benzene rings is 1. The fraction of sp³-hybridized carbons (Fsp3) is 0.182. The van der Waals surface area contributed by atoms with E-state index >= 15 is 0 Å². The standard InChI is InChI=1S/C11H12ClN3/c1-8-14-4-5-15(8)10-3-2-9(7-13)11(12)6-10/h2-6H,7,13H2,1H3. The molecule has 0 saturated heterocycles. The van der Waals surface area contributed by atoms with Crippen LogP contribution in [0.4, 0.5) is 0 Å². The third kappa shape index (κ3) is 1.89. The number of aryl methyl sites for hydroxylation is 1. The number of nitrogens with zero attached hydrogens (tertiary/aromatic N) is 2. The number of halogens is 1. The van der Waals surface area contributed by atoms with Gasteiger partial charge in [-0.1, -0.05) is 17.7 Å². The van der Waals surface area contributed by atoms with Crippen LogP contribution in [0, 0.1) is 6.92 Å². The van der Waals surface area contributed by atoms with Crippen LogP contribution in [0.5, 0.6) is 0 Å². The van der Waals surface area contributed by atoms with Crippen molar-refractivity contribution in [3.63, 3.8) is 0 Å². The molecular weight excluding hydrogens is 210 g/mol. The maximum atomic E-state index is 6.09. The summed E-state index contributed by atoms with van der Waals surface area (Å²) in [7, 11) is 0. The second-order valence-corrected chi connectivity index (χ2v) is 3.73. The summed E-state index contributed by atoms with van der Waals surface area (Å²) in [5, 5.41) is 0.697. The number of imidazole rings is 1. The van der Waals surface area contributed by atoms with Gasteiger partial charge >= 0.3 is 0 Å². The molecule has 0 aliphatic rings. The van der Waals surface area contributed by atoms with E-state index in [-0.39, 0.29) is 0 Å². The Bertz CT molecular complexity index is 476. The Morgan fingerprint density at radius 2 is 2.27 bits per heavy atom. The summed E-state index contributed by atoms with van der Waals surface area (Å²) in [6, 6.07) is 5.83. The van der Waals surface area contributed by atoms with Gasteiger partial charge in [0.15, 0.2) is 0 Å². The number of hydrogen-bond acceptors (Lipinski definition) is 2. The molecule has 78 valence electrons. The first-order valence-corrected chi connectivity index (χ1v) is 5.09. The highest BCUT2D eigenvalue weighted by Crippen LogP contribution is 2.20. The summed E-state index contributed by atoms with van der Waals surface area (Å²) in [5.74, 6) is 0.937. The van der Waals surface area contributed by atoms with Gasteiger partial charge in [0.1, 0.15) is 5.82 Å². The predicted octanol–water partition coefficient (Wildman–Crippen LogP) is 2.29. The van der Waals surface area contributed by atoms with Crippen molar-refractivity contribution >= 4 is 11.6 Å². The highest BCUT2D eigenvalue weighted by atomic mass is 35.5. The zero-order chi connectivity index (χ0) is 10.8. The largest absolute Gasteiger partial charge is 0.326 e. The fourth-order valence-electron chi connectivity index (χ4n) is 1.50. The molecule has 0 bridgehead atoms. The normalized spacial score (nSPS) is 10.6. The second-order valence-electron chi connectivity index (χ2n) is 3.32. The minimum absolute atomic E-state index is 0.460. The predicted molar refractivity (Wildman–Crippen MR) is 61.2 cm³/mol. The van der Waals surface area contributed by atoms with E-state index in [9.17, 15) is 0 Å². The zero-order valence-corrected chi connectivity index (χ0v) is 9.20. The van der Waals surface area contributed by atoms with E-state index in [2.05, 4.69) is 4.98 Å². The summed E-state index contributed by atoms with van der Waals surface area (Å²) in [4.78, 5) is 4.16. The monoisotopic (exact) mass is 221 g/mol. The van der Waals surface area contributed by atoms with Crippen LogP contribution in [0.15, 0.2) is 30.6 Å². The summed E-state index contributed by atoms with van der Waals surface area (Å²) < 4.78 is 1.98. The Morgan fingerprint density at radius 3 is 2.80 bits per heavy atom. The van der Waals surface area contributed by atoms with E-state index in [0.717, 1.165) is 17.1 Å². The first-order valence-electron chi connectivity index (χ1n) is 4.71. The third-order valence-electron chi connectivity index (χ3n) is 2.36. The highest BCUT2D eigenvalue weighted by Gasteiger charge is 2.03. The molecule has 0 atom stereocenters. The maximum absolute atomic E-state index is 6.09. The summed E-state index contributed by atoms with van der Waals surface area (Å²) >= 11 is 6.09. The van der Waals surface area contributed by atoms with Crippen molar-refractivity contribution in [3.05, 3.63) is 47.0 Å². The van der Waals surface area contributed by atoms with Crippen molar-refractivity contribution in [1.29, 1.82) is 0 Å². The van der Waals surface area contributed by atoms with Gasteiger partial charge in [-0.05, 0) is 24.6 Å². The van der Waals surface area contributed by atoms with Gasteiger partial charge in [-0.25, -0.2) is 4.98 Å². The quantitative estimate of drug-likeness (QED) is 0.846. The minimum atomic E-state index is 0.460. The van der Waals surface area contributed by atoms with Crippen molar-refractivity contribution in [2.75, 3.05) is 0 Å². The first-order chi connectivity index (χ1) is 7.22. The van der Waals surface area contributed by atoms with Gasteiger partial charge in [0.2, 0.25) is 0 Å². The molecule has 0 radical (unpaired) electrons. The number of aromatic nitrogens is 2. The van der Waals surface area contributed by atoms with Gasteiger partial charge < -0.3 is 10.3 Å². The number of nitrogens with two attached hydrogens (primary N) is 1. The van der Waals surface area contributed by atoms with Crippen LogP contribution < -0.4 is 5.73 Å². The van der Waals surface area contributed by atoms with Crippen molar-refractivity contribution in [2.45, 2.75) is 13.5 Å². The smallest absolute Gasteiger partial charge is 0.110 e. The minimum Gasteiger partial charge on any atom is -0.326 e. The van der Waals surface area contributed by atoms with E-state index in [1.807, 2.05) is 35.9 Å². The molecule has 0 aliphatic carbocycles. The van der Waals surface area contributed by atoms with Crippen molar-refractivity contribution in [1.82, 2.24) is 9.55 Å². The SMILES string of the molecule is Cc1nccn1-c1ccc(CN)c(Cl)c1. The highest BCUT2D eigenvalue weighted by molar-refractivity contribution is 6.31. The lowest BCUT2D eigenvalue weighted by Gasteiger charge is -2.07. The van der Waals surface area contributed by atoms with Gasteiger partial charge in [0.05, 0.1) is 0 Å². The molecule has 0 unspecified atom stereocenters. The number of hydrogen-bond donors (Lipinski definition) is 1. The second kappa shape index (κ2) is 4.04. The Hall–Kier alpha value is -1.32. The molecule has 0 aliphatic heterocycles.